The van der Waals surface area contributed by atoms with Crippen LogP contribution in [0.1, 0.15) is 12.0 Å². The molecule has 0 radical (unpaired) electrons. The van der Waals surface area contributed by atoms with Gasteiger partial charge >= 0.3 is 12.1 Å². The van der Waals surface area contributed by atoms with Gasteiger partial charge in [0.25, 0.3) is 0 Å². The third-order valence-corrected chi connectivity index (χ3v) is 3.85. The lowest BCUT2D eigenvalue weighted by atomic mass is 10.2. The molecule has 0 saturated heterocycles. The van der Waals surface area contributed by atoms with Crippen LogP contribution in [0.2, 0.25) is 0 Å². The van der Waals surface area contributed by atoms with Crippen molar-refractivity contribution in [3.8, 4) is 0 Å². The SMILES string of the molecule is Cc1cccc2c1nc(SCC(=O)O)n2CCC(F)(F)F. The topological polar surface area (TPSA) is 55.1 Å². The van der Waals surface area contributed by atoms with Crippen LogP contribution in [0.5, 0.6) is 0 Å². The van der Waals surface area contributed by atoms with Crippen LogP contribution in [0.3, 0.4) is 0 Å². The molecule has 0 fully saturated rings. The maximum atomic E-state index is 12.4. The molecule has 0 aliphatic rings. The van der Waals surface area contributed by atoms with E-state index in [1.807, 2.05) is 13.0 Å². The Kier molecular flexibility index (Phi) is 4.46. The molecule has 8 heteroatoms. The number of aliphatic carboxylic acids is 1. The smallest absolute Gasteiger partial charge is 0.390 e. The van der Waals surface area contributed by atoms with Gasteiger partial charge in [0.2, 0.25) is 0 Å². The van der Waals surface area contributed by atoms with Crippen molar-refractivity contribution in [2.45, 2.75) is 31.2 Å². The molecule has 1 aromatic carbocycles. The van der Waals surface area contributed by atoms with E-state index in [4.69, 9.17) is 5.11 Å². The van der Waals surface area contributed by atoms with Crippen molar-refractivity contribution in [3.05, 3.63) is 23.8 Å². The van der Waals surface area contributed by atoms with Crippen molar-refractivity contribution in [1.82, 2.24) is 9.55 Å². The summed E-state index contributed by atoms with van der Waals surface area (Å²) < 4.78 is 38.7. The van der Waals surface area contributed by atoms with Crippen LogP contribution in [-0.4, -0.2) is 32.6 Å². The summed E-state index contributed by atoms with van der Waals surface area (Å²) in [6.45, 7) is 1.54. The molecule has 0 spiro atoms. The van der Waals surface area contributed by atoms with Crippen LogP contribution < -0.4 is 0 Å². The third kappa shape index (κ3) is 3.90. The fraction of sp³-hybridized carbons (Fsp3) is 0.385. The molecule has 114 valence electrons. The average Bonchev–Trinajstić information content (AvgIpc) is 2.72. The van der Waals surface area contributed by atoms with Gasteiger partial charge in [-0.25, -0.2) is 4.98 Å². The van der Waals surface area contributed by atoms with Gasteiger partial charge in [-0.05, 0) is 18.6 Å². The molecular formula is C13H13F3N2O2S. The molecule has 4 nitrogen and oxygen atoms in total. The largest absolute Gasteiger partial charge is 0.481 e. The summed E-state index contributed by atoms with van der Waals surface area (Å²) in [5.41, 5.74) is 2.04. The zero-order valence-electron chi connectivity index (χ0n) is 11.1. The molecule has 1 heterocycles. The van der Waals surface area contributed by atoms with Crippen LogP contribution in [0.15, 0.2) is 23.4 Å². The lowest BCUT2D eigenvalue weighted by Gasteiger charge is -2.10. The Morgan fingerprint density at radius 2 is 2.14 bits per heavy atom. The van der Waals surface area contributed by atoms with Crippen molar-refractivity contribution in [3.63, 3.8) is 0 Å². The van der Waals surface area contributed by atoms with Crippen LogP contribution in [0.25, 0.3) is 11.0 Å². The molecule has 0 bridgehead atoms. The molecule has 1 N–H and O–H groups in total. The van der Waals surface area contributed by atoms with Crippen molar-refractivity contribution < 1.29 is 23.1 Å². The summed E-state index contributed by atoms with van der Waals surface area (Å²) in [7, 11) is 0. The Labute approximate surface area is 123 Å². The number of halogens is 3. The fourth-order valence-electron chi connectivity index (χ4n) is 1.96. The van der Waals surface area contributed by atoms with E-state index < -0.39 is 18.6 Å². The monoisotopic (exact) mass is 318 g/mol. The summed E-state index contributed by atoms with van der Waals surface area (Å²) >= 11 is 0.925. The highest BCUT2D eigenvalue weighted by molar-refractivity contribution is 7.99. The Morgan fingerprint density at radius 1 is 1.43 bits per heavy atom. The van der Waals surface area contributed by atoms with E-state index >= 15 is 0 Å². The lowest BCUT2D eigenvalue weighted by molar-refractivity contribution is -0.137. The molecule has 2 aromatic rings. The zero-order valence-corrected chi connectivity index (χ0v) is 12.0. The summed E-state index contributed by atoms with van der Waals surface area (Å²) in [5, 5.41) is 9.01. The number of nitrogens with zero attached hydrogens (tertiary/aromatic N) is 2. The number of carbonyl (C=O) groups is 1. The summed E-state index contributed by atoms with van der Waals surface area (Å²) in [6, 6.07) is 5.25. The van der Waals surface area contributed by atoms with E-state index in [2.05, 4.69) is 4.98 Å². The minimum atomic E-state index is -4.27. The highest BCUT2D eigenvalue weighted by atomic mass is 32.2. The van der Waals surface area contributed by atoms with Crippen LogP contribution in [-0.2, 0) is 11.3 Å². The predicted octanol–water partition coefficient (Wildman–Crippen LogP) is 3.47. The molecular weight excluding hydrogens is 305 g/mol. The van der Waals surface area contributed by atoms with Gasteiger partial charge in [-0.3, -0.25) is 4.79 Å². The number of hydrogen-bond donors (Lipinski definition) is 1. The quantitative estimate of drug-likeness (QED) is 0.858. The number of imidazole rings is 1. The van der Waals surface area contributed by atoms with Gasteiger partial charge in [0.05, 0.1) is 23.2 Å². The Morgan fingerprint density at radius 3 is 2.76 bits per heavy atom. The van der Waals surface area contributed by atoms with Gasteiger partial charge in [0, 0.05) is 6.54 Å². The number of hydrogen-bond acceptors (Lipinski definition) is 3. The van der Waals surface area contributed by atoms with E-state index in [9.17, 15) is 18.0 Å². The number of carboxylic acid groups (broad SMARTS) is 1. The average molecular weight is 318 g/mol. The van der Waals surface area contributed by atoms with Crippen molar-refractivity contribution >= 4 is 28.8 Å². The molecule has 1 aromatic heterocycles. The van der Waals surface area contributed by atoms with Gasteiger partial charge in [0.1, 0.15) is 0 Å². The number of thioether (sulfide) groups is 1. The van der Waals surface area contributed by atoms with Gasteiger partial charge in [-0.2, -0.15) is 13.2 Å². The van der Waals surface area contributed by atoms with Crippen LogP contribution >= 0.6 is 11.8 Å². The Hall–Kier alpha value is -1.70. The molecule has 21 heavy (non-hydrogen) atoms. The van der Waals surface area contributed by atoms with Gasteiger partial charge in [-0.15, -0.1) is 0 Å². The second kappa shape index (κ2) is 5.97. The first kappa shape index (κ1) is 15.7. The molecule has 0 unspecified atom stereocenters. The summed E-state index contributed by atoms with van der Waals surface area (Å²) in [5.74, 6) is -1.28. The third-order valence-electron chi connectivity index (χ3n) is 2.89. The number of aryl methyl sites for hydroxylation is 2. The summed E-state index contributed by atoms with van der Waals surface area (Å²) in [6.07, 6.45) is -5.25. The first-order valence-electron chi connectivity index (χ1n) is 6.15. The van der Waals surface area contributed by atoms with Crippen molar-refractivity contribution in [1.29, 1.82) is 0 Å². The highest BCUT2D eigenvalue weighted by Crippen LogP contribution is 2.28. The number of fused-ring (bicyclic) bond motifs is 1. The maximum absolute atomic E-state index is 12.4. The highest BCUT2D eigenvalue weighted by Gasteiger charge is 2.28. The maximum Gasteiger partial charge on any atom is 0.390 e. The first-order valence-corrected chi connectivity index (χ1v) is 7.13. The van der Waals surface area contributed by atoms with E-state index in [-0.39, 0.29) is 12.3 Å². The molecule has 0 aliphatic carbocycles. The fourth-order valence-corrected chi connectivity index (χ4v) is 2.71. The normalized spacial score (nSPS) is 12.0. The van der Waals surface area contributed by atoms with Crippen LogP contribution in [0, 0.1) is 6.92 Å². The van der Waals surface area contributed by atoms with E-state index in [1.165, 1.54) is 4.57 Å². The second-order valence-corrected chi connectivity index (χ2v) is 5.48. The van der Waals surface area contributed by atoms with Gasteiger partial charge in [0.15, 0.2) is 5.16 Å². The number of carboxylic acids is 1. The number of rotatable bonds is 5. The number of aromatic nitrogens is 2. The Balaban J connectivity index is 2.39. The van der Waals surface area contributed by atoms with E-state index in [0.717, 1.165) is 17.3 Å². The van der Waals surface area contributed by atoms with Crippen molar-refractivity contribution in [2.24, 2.45) is 0 Å². The Bertz CT molecular complexity index is 667. The van der Waals surface area contributed by atoms with Gasteiger partial charge in [-0.1, -0.05) is 23.9 Å². The lowest BCUT2D eigenvalue weighted by Crippen LogP contribution is -2.13. The minimum absolute atomic E-state index is 0.242. The number of para-hydroxylation sites is 1. The first-order chi connectivity index (χ1) is 9.78. The summed E-state index contributed by atoms with van der Waals surface area (Å²) in [4.78, 5) is 14.9. The van der Waals surface area contributed by atoms with E-state index in [0.29, 0.717) is 16.2 Å². The molecule has 0 aliphatic heterocycles. The van der Waals surface area contributed by atoms with Crippen LogP contribution in [0.4, 0.5) is 13.2 Å². The zero-order chi connectivity index (χ0) is 15.6. The molecule has 0 amide bonds. The molecule has 2 rings (SSSR count). The minimum Gasteiger partial charge on any atom is -0.481 e. The molecule has 0 atom stereocenters. The standard InChI is InChI=1S/C13H13F3N2O2S/c1-8-3-2-4-9-11(8)17-12(21-7-10(19)20)18(9)6-5-13(14,15)16/h2-4H,5-7H2,1H3,(H,19,20). The predicted molar refractivity (Wildman–Crippen MR) is 73.5 cm³/mol. The number of benzene rings is 1. The molecule has 0 saturated carbocycles. The second-order valence-electron chi connectivity index (χ2n) is 4.54. The van der Waals surface area contributed by atoms with Crippen molar-refractivity contribution in [2.75, 3.05) is 5.75 Å². The van der Waals surface area contributed by atoms with E-state index in [1.54, 1.807) is 12.1 Å². The number of alkyl halides is 3. The van der Waals surface area contributed by atoms with Gasteiger partial charge < -0.3 is 9.67 Å².